The van der Waals surface area contributed by atoms with E-state index >= 15 is 0 Å². The Morgan fingerprint density at radius 3 is 1.91 bits per heavy atom. The third-order valence-electron chi connectivity index (χ3n) is 7.25. The number of hydrogen-bond donors (Lipinski definition) is 2. The average Bonchev–Trinajstić information content (AvgIpc) is 3.04. The molecule has 1 aliphatic heterocycles. The molecule has 0 aromatic heterocycles. The fourth-order valence-electron chi connectivity index (χ4n) is 5.27. The van der Waals surface area contributed by atoms with Crippen molar-refractivity contribution in [3.05, 3.63) is 120 Å². The van der Waals surface area contributed by atoms with Crippen LogP contribution in [0.5, 0.6) is 0 Å². The molecule has 10 heteroatoms. The van der Waals surface area contributed by atoms with Crippen LogP contribution in [0, 0.1) is 0 Å². The number of ether oxygens (including phenoxy) is 3. The summed E-state index contributed by atoms with van der Waals surface area (Å²) in [6.07, 6.45) is -0.963. The van der Waals surface area contributed by atoms with Crippen LogP contribution >= 0.6 is 0 Å². The molecular weight excluding hydrogens is 598 g/mol. The van der Waals surface area contributed by atoms with Gasteiger partial charge < -0.3 is 29.7 Å². The van der Waals surface area contributed by atoms with Gasteiger partial charge in [0.2, 0.25) is 11.7 Å². The smallest absolute Gasteiger partial charge is 0.408 e. The van der Waals surface area contributed by atoms with Crippen molar-refractivity contribution < 1.29 is 33.4 Å². The lowest BCUT2D eigenvalue weighted by molar-refractivity contribution is -0.155. The standard InChI is InChI=1S/C37H43N3O7/c1-6-22-40(24-26-16-10-7-11-17-26)34(42)33-31(38-25(2)41)29(39-36(44)47-37(3,4)5)23-30(45-33)35(43)46-32(27-18-12-8-13-19-27)28-20-14-9-15-21-28/h7-21,23,29,31-33H,6,22,24H2,1-5H3,(H,38,41)(H,39,44)/t29-,31+,33+/m0/s1. The van der Waals surface area contributed by atoms with Crippen LogP contribution in [-0.2, 0) is 35.1 Å². The van der Waals surface area contributed by atoms with Gasteiger partial charge in [-0.05, 0) is 50.0 Å². The molecule has 0 radical (unpaired) electrons. The summed E-state index contributed by atoms with van der Waals surface area (Å²) >= 11 is 0. The minimum Gasteiger partial charge on any atom is -0.471 e. The molecule has 0 fully saturated rings. The van der Waals surface area contributed by atoms with E-state index in [0.717, 1.165) is 16.7 Å². The zero-order chi connectivity index (χ0) is 34.0. The molecule has 0 saturated carbocycles. The van der Waals surface area contributed by atoms with Gasteiger partial charge in [-0.3, -0.25) is 9.59 Å². The second-order valence-corrected chi connectivity index (χ2v) is 12.3. The van der Waals surface area contributed by atoms with Crippen molar-refractivity contribution in [2.24, 2.45) is 0 Å². The molecule has 3 amide bonds. The van der Waals surface area contributed by atoms with Crippen LogP contribution in [0.4, 0.5) is 4.79 Å². The van der Waals surface area contributed by atoms with E-state index in [0.29, 0.717) is 13.0 Å². The summed E-state index contributed by atoms with van der Waals surface area (Å²) in [5, 5.41) is 5.49. The molecule has 47 heavy (non-hydrogen) atoms. The van der Waals surface area contributed by atoms with Crippen LogP contribution in [-0.4, -0.2) is 59.1 Å². The third kappa shape index (κ3) is 9.93. The monoisotopic (exact) mass is 641 g/mol. The number of esters is 1. The summed E-state index contributed by atoms with van der Waals surface area (Å²) in [4.78, 5) is 55.3. The molecule has 1 aliphatic rings. The number of alkyl carbamates (subject to hydrolysis) is 1. The van der Waals surface area contributed by atoms with Gasteiger partial charge in [0.15, 0.2) is 12.2 Å². The van der Waals surface area contributed by atoms with Gasteiger partial charge in [-0.25, -0.2) is 9.59 Å². The van der Waals surface area contributed by atoms with E-state index in [2.05, 4.69) is 10.6 Å². The predicted octanol–water partition coefficient (Wildman–Crippen LogP) is 5.44. The normalized spacial score (nSPS) is 17.5. The quantitative estimate of drug-likeness (QED) is 0.268. The number of hydrogen-bond acceptors (Lipinski definition) is 7. The number of rotatable bonds is 11. The van der Waals surface area contributed by atoms with Gasteiger partial charge in [-0.1, -0.05) is 97.9 Å². The third-order valence-corrected chi connectivity index (χ3v) is 7.25. The predicted molar refractivity (Wildman–Crippen MR) is 177 cm³/mol. The number of nitrogens with zero attached hydrogens (tertiary/aromatic N) is 1. The molecule has 3 aromatic rings. The van der Waals surface area contributed by atoms with Crippen molar-refractivity contribution in [2.45, 2.75) is 77.5 Å². The number of benzene rings is 3. The highest BCUT2D eigenvalue weighted by Gasteiger charge is 2.45. The Morgan fingerprint density at radius 1 is 0.851 bits per heavy atom. The molecule has 2 N–H and O–H groups in total. The van der Waals surface area contributed by atoms with Gasteiger partial charge in [0.05, 0.1) is 12.1 Å². The molecule has 3 atom stereocenters. The first-order valence-electron chi connectivity index (χ1n) is 15.7. The summed E-state index contributed by atoms with van der Waals surface area (Å²) in [7, 11) is 0. The van der Waals surface area contributed by atoms with Crippen LogP contribution in [0.2, 0.25) is 0 Å². The van der Waals surface area contributed by atoms with E-state index in [9.17, 15) is 19.2 Å². The summed E-state index contributed by atoms with van der Waals surface area (Å²) in [6, 6.07) is 25.8. The molecule has 10 nitrogen and oxygen atoms in total. The van der Waals surface area contributed by atoms with Crippen LogP contribution in [0.15, 0.2) is 103 Å². The maximum absolute atomic E-state index is 14.3. The van der Waals surface area contributed by atoms with E-state index in [1.54, 1.807) is 25.7 Å². The van der Waals surface area contributed by atoms with E-state index in [4.69, 9.17) is 14.2 Å². The number of carbonyl (C=O) groups is 4. The van der Waals surface area contributed by atoms with E-state index in [1.807, 2.05) is 97.9 Å². The van der Waals surface area contributed by atoms with Crippen LogP contribution in [0.1, 0.15) is 63.8 Å². The lowest BCUT2D eigenvalue weighted by Crippen LogP contribution is -2.63. The lowest BCUT2D eigenvalue weighted by Gasteiger charge is -2.39. The largest absolute Gasteiger partial charge is 0.471 e. The molecule has 0 saturated heterocycles. The van der Waals surface area contributed by atoms with Crippen molar-refractivity contribution >= 4 is 23.9 Å². The fraction of sp³-hybridized carbons (Fsp3) is 0.351. The van der Waals surface area contributed by atoms with Crippen LogP contribution in [0.3, 0.4) is 0 Å². The molecule has 3 aromatic carbocycles. The first kappa shape index (κ1) is 34.7. The zero-order valence-corrected chi connectivity index (χ0v) is 27.5. The molecule has 0 spiro atoms. The second-order valence-electron chi connectivity index (χ2n) is 12.3. The lowest BCUT2D eigenvalue weighted by atomic mass is 9.96. The first-order chi connectivity index (χ1) is 22.4. The Labute approximate surface area is 276 Å². The maximum Gasteiger partial charge on any atom is 0.408 e. The SMILES string of the molecule is CCCN(Cc1ccccc1)C(=O)[C@@H]1OC(C(=O)OC(c2ccccc2)c2ccccc2)=C[C@H](NC(=O)OC(C)(C)C)[C@H]1NC(C)=O. The van der Waals surface area contributed by atoms with Gasteiger partial charge in [0.25, 0.3) is 5.91 Å². The van der Waals surface area contributed by atoms with E-state index in [-0.39, 0.29) is 12.3 Å². The Hall–Kier alpha value is -5.12. The summed E-state index contributed by atoms with van der Waals surface area (Å²) < 4.78 is 17.7. The van der Waals surface area contributed by atoms with E-state index in [1.165, 1.54) is 13.0 Å². The van der Waals surface area contributed by atoms with Crippen LogP contribution in [0.25, 0.3) is 0 Å². The van der Waals surface area contributed by atoms with Crippen molar-refractivity contribution in [3.8, 4) is 0 Å². The number of amides is 3. The van der Waals surface area contributed by atoms with Gasteiger partial charge in [-0.15, -0.1) is 0 Å². The highest BCUT2D eigenvalue weighted by molar-refractivity contribution is 5.90. The summed E-state index contributed by atoms with van der Waals surface area (Å²) in [5.41, 5.74) is 1.53. The van der Waals surface area contributed by atoms with Crippen molar-refractivity contribution in [2.75, 3.05) is 6.54 Å². The average molecular weight is 642 g/mol. The molecular formula is C37H43N3O7. The first-order valence-corrected chi connectivity index (χ1v) is 15.7. The minimum atomic E-state index is -1.38. The highest BCUT2D eigenvalue weighted by atomic mass is 16.6. The van der Waals surface area contributed by atoms with Crippen molar-refractivity contribution in [1.29, 1.82) is 0 Å². The van der Waals surface area contributed by atoms with E-state index < -0.39 is 53.8 Å². The summed E-state index contributed by atoms with van der Waals surface area (Å²) in [6.45, 7) is 9.06. The van der Waals surface area contributed by atoms with Crippen LogP contribution < -0.4 is 10.6 Å². The molecule has 0 aliphatic carbocycles. The Bertz CT molecular complexity index is 1500. The van der Waals surface area contributed by atoms with Gasteiger partial charge in [0.1, 0.15) is 5.60 Å². The fourth-order valence-corrected chi connectivity index (χ4v) is 5.27. The van der Waals surface area contributed by atoms with Gasteiger partial charge in [0, 0.05) is 20.0 Å². The Balaban J connectivity index is 1.73. The van der Waals surface area contributed by atoms with Gasteiger partial charge in [-0.2, -0.15) is 0 Å². The Kier molecular flexibility index (Phi) is 11.8. The number of nitrogens with one attached hydrogen (secondary N) is 2. The maximum atomic E-state index is 14.3. The summed E-state index contributed by atoms with van der Waals surface area (Å²) in [5.74, 6) is -2.04. The molecule has 0 bridgehead atoms. The second kappa shape index (κ2) is 15.9. The van der Waals surface area contributed by atoms with Gasteiger partial charge >= 0.3 is 12.1 Å². The number of carbonyl (C=O) groups excluding carboxylic acids is 4. The molecule has 0 unspecified atom stereocenters. The molecule has 1 heterocycles. The Morgan fingerprint density at radius 2 is 1.40 bits per heavy atom. The highest BCUT2D eigenvalue weighted by Crippen LogP contribution is 2.29. The van der Waals surface area contributed by atoms with Crippen molar-refractivity contribution in [1.82, 2.24) is 15.5 Å². The topological polar surface area (TPSA) is 123 Å². The zero-order valence-electron chi connectivity index (χ0n) is 27.5. The molecule has 248 valence electrons. The van der Waals surface area contributed by atoms with Crippen molar-refractivity contribution in [3.63, 3.8) is 0 Å². The molecule has 4 rings (SSSR count). The minimum absolute atomic E-state index is 0.276.